The molecule has 3 fully saturated rings. The average Bonchev–Trinajstić information content (AvgIpc) is 3.12. The highest BCUT2D eigenvalue weighted by Gasteiger charge is 2.34. The zero-order valence-electron chi connectivity index (χ0n) is 30.0. The molecule has 4 atom stereocenters. The molecule has 4 heterocycles. The SMILES string of the molecule is OC(CCc1ccncc1)COCC(COCC(O)CN1CCNCC1)(COCC(O)CN1CCNCC1)COCC(O)CN1CCNCC1. The van der Waals surface area contributed by atoms with Crippen LogP contribution in [0.1, 0.15) is 12.0 Å². The van der Waals surface area contributed by atoms with Crippen molar-refractivity contribution in [3.05, 3.63) is 30.1 Å². The molecule has 0 radical (unpaired) electrons. The van der Waals surface area contributed by atoms with E-state index in [-0.39, 0.29) is 52.9 Å². The maximum atomic E-state index is 10.8. The Morgan fingerprint density at radius 3 is 1.26 bits per heavy atom. The number of aliphatic hydroxyl groups is 4. The number of aromatic nitrogens is 1. The second-order valence-corrected chi connectivity index (χ2v) is 14.2. The van der Waals surface area contributed by atoms with Gasteiger partial charge in [-0.1, -0.05) is 0 Å². The smallest absolute Gasteiger partial charge is 0.0900 e. The summed E-state index contributed by atoms with van der Waals surface area (Å²) in [7, 11) is 0. The largest absolute Gasteiger partial charge is 0.391 e. The number of aliphatic hydroxyl groups excluding tert-OH is 4. The van der Waals surface area contributed by atoms with Gasteiger partial charge in [0, 0.05) is 111 Å². The summed E-state index contributed by atoms with van der Waals surface area (Å²) in [6.45, 7) is 13.5. The van der Waals surface area contributed by atoms with E-state index in [0.29, 0.717) is 32.5 Å². The fourth-order valence-corrected chi connectivity index (χ4v) is 6.60. The van der Waals surface area contributed by atoms with Crippen LogP contribution in [-0.2, 0) is 25.4 Å². The molecule has 3 aliphatic rings. The van der Waals surface area contributed by atoms with Crippen LogP contribution in [-0.4, -0.2) is 216 Å². The highest BCUT2D eigenvalue weighted by atomic mass is 16.5. The van der Waals surface area contributed by atoms with E-state index in [0.717, 1.165) is 84.1 Å². The lowest BCUT2D eigenvalue weighted by atomic mass is 9.92. The van der Waals surface area contributed by atoms with E-state index in [1.54, 1.807) is 12.4 Å². The third-order valence-corrected chi connectivity index (χ3v) is 9.43. The molecule has 4 rings (SSSR count). The van der Waals surface area contributed by atoms with E-state index in [1.807, 2.05) is 12.1 Å². The number of pyridine rings is 1. The molecule has 3 saturated heterocycles. The summed E-state index contributed by atoms with van der Waals surface area (Å²) in [5, 5.41) is 53.2. The van der Waals surface area contributed by atoms with E-state index >= 15 is 0 Å². The Morgan fingerprint density at radius 2 is 0.900 bits per heavy atom. The topological polar surface area (TPSA) is 177 Å². The first kappa shape index (κ1) is 41.3. The van der Waals surface area contributed by atoms with Gasteiger partial charge in [-0.15, -0.1) is 0 Å². The van der Waals surface area contributed by atoms with Crippen molar-refractivity contribution in [1.82, 2.24) is 35.6 Å². The van der Waals surface area contributed by atoms with E-state index < -0.39 is 29.8 Å². The molecule has 15 nitrogen and oxygen atoms in total. The van der Waals surface area contributed by atoms with Crippen LogP contribution in [0.2, 0.25) is 0 Å². The highest BCUT2D eigenvalue weighted by molar-refractivity contribution is 5.09. The predicted molar refractivity (Wildman–Crippen MR) is 190 cm³/mol. The van der Waals surface area contributed by atoms with Gasteiger partial charge in [-0.3, -0.25) is 19.7 Å². The molecule has 50 heavy (non-hydrogen) atoms. The van der Waals surface area contributed by atoms with Crippen LogP contribution >= 0.6 is 0 Å². The van der Waals surface area contributed by atoms with Gasteiger partial charge in [-0.25, -0.2) is 0 Å². The van der Waals surface area contributed by atoms with Crippen LogP contribution in [0.5, 0.6) is 0 Å². The fraction of sp³-hybridized carbons (Fsp3) is 0.857. The van der Waals surface area contributed by atoms with E-state index in [2.05, 4.69) is 35.6 Å². The maximum Gasteiger partial charge on any atom is 0.0900 e. The molecule has 1 aromatic heterocycles. The van der Waals surface area contributed by atoms with Crippen molar-refractivity contribution in [2.45, 2.75) is 37.3 Å². The number of ether oxygens (including phenoxy) is 4. The lowest BCUT2D eigenvalue weighted by Crippen LogP contribution is -2.48. The molecule has 0 amide bonds. The Bertz CT molecular complexity index is 908. The van der Waals surface area contributed by atoms with Crippen molar-refractivity contribution in [1.29, 1.82) is 0 Å². The normalized spacial score (nSPS) is 22.2. The van der Waals surface area contributed by atoms with Crippen LogP contribution in [0.3, 0.4) is 0 Å². The van der Waals surface area contributed by atoms with E-state index in [9.17, 15) is 20.4 Å². The summed E-state index contributed by atoms with van der Waals surface area (Å²) in [5.41, 5.74) is 0.282. The molecular weight excluding hydrogens is 646 g/mol. The summed E-state index contributed by atoms with van der Waals surface area (Å²) < 4.78 is 24.7. The monoisotopic (exact) mass is 711 g/mol. The van der Waals surface area contributed by atoms with Crippen molar-refractivity contribution < 1.29 is 39.4 Å². The van der Waals surface area contributed by atoms with E-state index in [4.69, 9.17) is 18.9 Å². The Kier molecular flexibility index (Phi) is 19.9. The number of piperazine rings is 3. The number of β-amino-alcohol motifs (C(OH)–C–C–N with tert-alkyl or cyclic N) is 3. The standard InChI is InChI=1S/C35H65N7O8/c43-31(2-1-30-3-5-36-6-4-30)22-47-26-35(27-48-23-32(44)19-40-13-7-37-8-14-40,28-49-24-33(45)20-41-15-9-38-10-16-41)29-50-25-34(46)21-42-17-11-39-12-18-42/h3-6,31-34,37-39,43-46H,1-2,7-29H2. The van der Waals surface area contributed by atoms with Gasteiger partial charge in [0.25, 0.3) is 0 Å². The first-order valence-electron chi connectivity index (χ1n) is 18.6. The Hall–Kier alpha value is -1.41. The highest BCUT2D eigenvalue weighted by Crippen LogP contribution is 2.22. The minimum atomic E-state index is -0.816. The van der Waals surface area contributed by atoms with Gasteiger partial charge >= 0.3 is 0 Å². The van der Waals surface area contributed by atoms with Crippen molar-refractivity contribution >= 4 is 0 Å². The minimum Gasteiger partial charge on any atom is -0.391 e. The van der Waals surface area contributed by atoms with Crippen molar-refractivity contribution in [3.63, 3.8) is 0 Å². The minimum absolute atomic E-state index is 0.121. The molecule has 7 N–H and O–H groups in total. The quantitative estimate of drug-likeness (QED) is 0.0555. The van der Waals surface area contributed by atoms with Gasteiger partial charge in [0.1, 0.15) is 0 Å². The second-order valence-electron chi connectivity index (χ2n) is 14.2. The molecule has 0 saturated carbocycles. The number of nitrogens with one attached hydrogen (secondary N) is 3. The zero-order chi connectivity index (χ0) is 35.3. The van der Waals surface area contributed by atoms with Crippen molar-refractivity contribution in [2.24, 2.45) is 5.41 Å². The molecule has 4 unspecified atom stereocenters. The average molecular weight is 712 g/mol. The summed E-state index contributed by atoms with van der Waals surface area (Å²) in [6, 6.07) is 3.88. The zero-order valence-corrected chi connectivity index (χ0v) is 30.0. The van der Waals surface area contributed by atoms with Crippen LogP contribution in [0.25, 0.3) is 0 Å². The first-order chi connectivity index (χ1) is 24.4. The lowest BCUT2D eigenvalue weighted by molar-refractivity contribution is -0.134. The molecule has 0 bridgehead atoms. The first-order valence-corrected chi connectivity index (χ1v) is 18.6. The second kappa shape index (κ2) is 24.0. The van der Waals surface area contributed by atoms with E-state index in [1.165, 1.54) is 0 Å². The molecule has 3 aliphatic heterocycles. The predicted octanol–water partition coefficient (Wildman–Crippen LogP) is -2.77. The molecule has 288 valence electrons. The number of hydrogen-bond acceptors (Lipinski definition) is 15. The maximum absolute atomic E-state index is 10.8. The molecule has 15 heteroatoms. The molecule has 0 aliphatic carbocycles. The van der Waals surface area contributed by atoms with Crippen LogP contribution in [0, 0.1) is 5.41 Å². The molecule has 1 aromatic rings. The van der Waals surface area contributed by atoms with Crippen molar-refractivity contribution in [2.75, 3.05) is 151 Å². The third kappa shape index (κ3) is 16.9. The third-order valence-electron chi connectivity index (χ3n) is 9.43. The Labute approximate surface area is 298 Å². The van der Waals surface area contributed by atoms with Gasteiger partial charge in [0.05, 0.1) is 82.7 Å². The number of rotatable bonds is 25. The van der Waals surface area contributed by atoms with Gasteiger partial charge < -0.3 is 55.3 Å². The Morgan fingerprint density at radius 1 is 0.560 bits per heavy atom. The summed E-state index contributed by atoms with van der Waals surface area (Å²) in [4.78, 5) is 10.7. The van der Waals surface area contributed by atoms with Crippen molar-refractivity contribution in [3.8, 4) is 0 Å². The van der Waals surface area contributed by atoms with Crippen LogP contribution in [0.4, 0.5) is 0 Å². The fourth-order valence-electron chi connectivity index (χ4n) is 6.60. The number of nitrogens with zero attached hydrogens (tertiary/aromatic N) is 4. The Balaban J connectivity index is 1.35. The summed E-state index contributed by atoms with van der Waals surface area (Å²) in [6.07, 6.45) is 2.07. The number of aryl methyl sites for hydroxylation is 1. The van der Waals surface area contributed by atoms with Gasteiger partial charge in [-0.05, 0) is 30.5 Å². The van der Waals surface area contributed by atoms with Gasteiger partial charge in [0.2, 0.25) is 0 Å². The van der Waals surface area contributed by atoms with Crippen LogP contribution < -0.4 is 16.0 Å². The molecule has 0 aromatic carbocycles. The lowest BCUT2D eigenvalue weighted by Gasteiger charge is -2.35. The van der Waals surface area contributed by atoms with Crippen LogP contribution in [0.15, 0.2) is 24.5 Å². The summed E-state index contributed by atoms with van der Waals surface area (Å²) in [5.74, 6) is 0. The molecule has 0 spiro atoms. The van der Waals surface area contributed by atoms with Gasteiger partial charge in [0.15, 0.2) is 0 Å². The summed E-state index contributed by atoms with van der Waals surface area (Å²) >= 11 is 0. The van der Waals surface area contributed by atoms with Gasteiger partial charge in [-0.2, -0.15) is 0 Å². The molecular formula is C35H65N7O8. The number of hydrogen-bond donors (Lipinski definition) is 7.